The van der Waals surface area contributed by atoms with Crippen molar-refractivity contribution in [1.29, 1.82) is 0 Å². The zero-order chi connectivity index (χ0) is 10.3. The molecule has 0 aromatic rings. The van der Waals surface area contributed by atoms with E-state index < -0.39 is 30.0 Å². The van der Waals surface area contributed by atoms with E-state index in [9.17, 15) is 22.4 Å². The van der Waals surface area contributed by atoms with Crippen LogP contribution in [0.25, 0.3) is 0 Å². The second-order valence-corrected chi connectivity index (χ2v) is 3.42. The van der Waals surface area contributed by atoms with Gasteiger partial charge in [0.1, 0.15) is 5.78 Å². The summed E-state index contributed by atoms with van der Waals surface area (Å²) in [5.74, 6) is -2.20. The van der Waals surface area contributed by atoms with E-state index in [2.05, 4.69) is 0 Å². The smallest absolute Gasteiger partial charge is 0.300 e. The molecule has 0 spiro atoms. The Morgan fingerprint density at radius 2 is 2.00 bits per heavy atom. The molecule has 0 bridgehead atoms. The lowest BCUT2D eigenvalue weighted by molar-refractivity contribution is -0.240. The van der Waals surface area contributed by atoms with E-state index in [-0.39, 0.29) is 12.8 Å². The van der Waals surface area contributed by atoms with Crippen molar-refractivity contribution in [1.82, 2.24) is 0 Å². The fraction of sp³-hybridized carbons (Fsp3) is 0.875. The molecule has 1 aliphatic rings. The van der Waals surface area contributed by atoms with Gasteiger partial charge >= 0.3 is 6.18 Å². The Labute approximate surface area is 73.1 Å². The second-order valence-electron chi connectivity index (χ2n) is 3.42. The van der Waals surface area contributed by atoms with Crippen LogP contribution in [0.4, 0.5) is 17.6 Å². The lowest BCUT2D eigenvalue weighted by Crippen LogP contribution is -2.46. The van der Waals surface area contributed by atoms with Crippen molar-refractivity contribution in [3.05, 3.63) is 0 Å². The highest BCUT2D eigenvalue weighted by molar-refractivity contribution is 5.80. The van der Waals surface area contributed by atoms with Crippen LogP contribution in [0, 0.1) is 5.92 Å². The second kappa shape index (κ2) is 2.96. The van der Waals surface area contributed by atoms with Crippen LogP contribution in [0.3, 0.4) is 0 Å². The average molecular weight is 198 g/mol. The van der Waals surface area contributed by atoms with Gasteiger partial charge in [-0.2, -0.15) is 13.2 Å². The van der Waals surface area contributed by atoms with Crippen LogP contribution in [0.1, 0.15) is 26.2 Å². The topological polar surface area (TPSA) is 17.1 Å². The normalized spacial score (nSPS) is 35.0. The molecule has 1 fully saturated rings. The molecule has 0 N–H and O–H groups in total. The monoisotopic (exact) mass is 198 g/mol. The molecule has 1 aliphatic carbocycles. The summed E-state index contributed by atoms with van der Waals surface area (Å²) in [7, 11) is 0. The number of alkyl halides is 4. The molecular weight excluding hydrogens is 188 g/mol. The zero-order valence-corrected chi connectivity index (χ0v) is 7.12. The summed E-state index contributed by atoms with van der Waals surface area (Å²) < 4.78 is 50.1. The van der Waals surface area contributed by atoms with Crippen LogP contribution in [-0.2, 0) is 4.79 Å². The fourth-order valence-electron chi connectivity index (χ4n) is 1.83. The van der Waals surface area contributed by atoms with Gasteiger partial charge in [-0.1, -0.05) is 0 Å². The van der Waals surface area contributed by atoms with E-state index in [1.165, 1.54) is 0 Å². The van der Waals surface area contributed by atoms with Gasteiger partial charge in [0.05, 0.1) is 5.92 Å². The number of halogens is 4. The summed E-state index contributed by atoms with van der Waals surface area (Å²) >= 11 is 0. The number of ketones is 1. The molecule has 1 nitrogen and oxygen atoms in total. The van der Waals surface area contributed by atoms with Gasteiger partial charge in [-0.3, -0.25) is 4.79 Å². The maximum Gasteiger partial charge on any atom is 0.423 e. The van der Waals surface area contributed by atoms with Gasteiger partial charge in [-0.05, 0) is 26.2 Å². The molecule has 1 rings (SSSR count). The number of hydrogen-bond donors (Lipinski definition) is 0. The van der Waals surface area contributed by atoms with Gasteiger partial charge in [-0.15, -0.1) is 0 Å². The highest BCUT2D eigenvalue weighted by atomic mass is 19.4. The first-order chi connectivity index (χ1) is 5.79. The van der Waals surface area contributed by atoms with Gasteiger partial charge in [0.25, 0.3) is 0 Å². The lowest BCUT2D eigenvalue weighted by atomic mass is 9.89. The Kier molecular flexibility index (Phi) is 2.38. The molecule has 0 amide bonds. The predicted octanol–water partition coefficient (Wildman–Crippen LogP) is 2.65. The third-order valence-electron chi connectivity index (χ3n) is 2.55. The summed E-state index contributed by atoms with van der Waals surface area (Å²) in [5.41, 5.74) is -3.28. The van der Waals surface area contributed by atoms with Crippen molar-refractivity contribution in [3.63, 3.8) is 0 Å². The average Bonchev–Trinajstić information content (AvgIpc) is 2.30. The standard InChI is InChI=1S/C8H10F4O/c1-5(13)6-3-2-4-7(6,9)8(10,11)12/h6H,2-4H2,1H3. The molecule has 0 aliphatic heterocycles. The van der Waals surface area contributed by atoms with Crippen molar-refractivity contribution < 1.29 is 22.4 Å². The van der Waals surface area contributed by atoms with Crippen LogP contribution in [0.5, 0.6) is 0 Å². The van der Waals surface area contributed by atoms with E-state index in [0.29, 0.717) is 0 Å². The van der Waals surface area contributed by atoms with Crippen molar-refractivity contribution in [2.75, 3.05) is 0 Å². The Morgan fingerprint density at radius 3 is 2.31 bits per heavy atom. The third-order valence-corrected chi connectivity index (χ3v) is 2.55. The van der Waals surface area contributed by atoms with Crippen LogP contribution in [0.15, 0.2) is 0 Å². The fourth-order valence-corrected chi connectivity index (χ4v) is 1.83. The Balaban J connectivity index is 2.95. The maximum absolute atomic E-state index is 13.4. The molecular formula is C8H10F4O. The molecule has 13 heavy (non-hydrogen) atoms. The summed E-state index contributed by atoms with van der Waals surface area (Å²) in [5, 5.41) is 0. The number of hydrogen-bond acceptors (Lipinski definition) is 1. The summed E-state index contributed by atoms with van der Waals surface area (Å²) in [6.45, 7) is 1.01. The minimum Gasteiger partial charge on any atom is -0.300 e. The first kappa shape index (κ1) is 10.5. The van der Waals surface area contributed by atoms with Crippen LogP contribution < -0.4 is 0 Å². The van der Waals surface area contributed by atoms with Crippen LogP contribution in [-0.4, -0.2) is 17.6 Å². The quantitative estimate of drug-likeness (QED) is 0.592. The number of carbonyl (C=O) groups is 1. The van der Waals surface area contributed by atoms with Gasteiger partial charge in [0.15, 0.2) is 0 Å². The van der Waals surface area contributed by atoms with E-state index in [1.807, 2.05) is 0 Å². The summed E-state index contributed by atoms with van der Waals surface area (Å²) in [4.78, 5) is 10.8. The van der Waals surface area contributed by atoms with Crippen LogP contribution in [0.2, 0.25) is 0 Å². The molecule has 0 radical (unpaired) electrons. The molecule has 2 unspecified atom stereocenters. The van der Waals surface area contributed by atoms with Crippen LogP contribution >= 0.6 is 0 Å². The van der Waals surface area contributed by atoms with E-state index >= 15 is 0 Å². The maximum atomic E-state index is 13.4. The highest BCUT2D eigenvalue weighted by Gasteiger charge is 2.63. The van der Waals surface area contributed by atoms with E-state index in [4.69, 9.17) is 0 Å². The van der Waals surface area contributed by atoms with Crippen molar-refractivity contribution >= 4 is 5.78 Å². The van der Waals surface area contributed by atoms with Crippen molar-refractivity contribution in [3.8, 4) is 0 Å². The Hall–Kier alpha value is -0.610. The Bertz CT molecular complexity index is 223. The highest BCUT2D eigenvalue weighted by Crippen LogP contribution is 2.49. The number of Topliss-reactive ketones (excluding diaryl/α,β-unsaturated/α-hetero) is 1. The lowest BCUT2D eigenvalue weighted by Gasteiger charge is -2.27. The molecule has 2 atom stereocenters. The molecule has 0 aromatic heterocycles. The molecule has 1 saturated carbocycles. The predicted molar refractivity (Wildman–Crippen MR) is 37.9 cm³/mol. The van der Waals surface area contributed by atoms with E-state index in [1.54, 1.807) is 0 Å². The zero-order valence-electron chi connectivity index (χ0n) is 7.12. The largest absolute Gasteiger partial charge is 0.423 e. The van der Waals surface area contributed by atoms with Crippen molar-refractivity contribution in [2.24, 2.45) is 5.92 Å². The minimum absolute atomic E-state index is 0.00530. The van der Waals surface area contributed by atoms with E-state index in [0.717, 1.165) is 6.92 Å². The van der Waals surface area contributed by atoms with Gasteiger partial charge in [0.2, 0.25) is 5.67 Å². The Morgan fingerprint density at radius 1 is 1.46 bits per heavy atom. The molecule has 76 valence electrons. The molecule has 0 aromatic carbocycles. The summed E-state index contributed by atoms with van der Waals surface area (Å²) in [6, 6.07) is 0. The molecule has 5 heteroatoms. The number of carbonyl (C=O) groups excluding carboxylic acids is 1. The third kappa shape index (κ3) is 1.56. The SMILES string of the molecule is CC(=O)C1CCCC1(F)C(F)(F)F. The first-order valence-electron chi connectivity index (χ1n) is 4.05. The molecule has 0 saturated heterocycles. The van der Waals surface area contributed by atoms with Crippen molar-refractivity contribution in [2.45, 2.75) is 38.0 Å². The first-order valence-corrected chi connectivity index (χ1v) is 4.05. The number of rotatable bonds is 1. The summed E-state index contributed by atoms with van der Waals surface area (Å²) in [6.07, 6.45) is -5.37. The van der Waals surface area contributed by atoms with Gasteiger partial charge in [0, 0.05) is 0 Å². The molecule has 0 heterocycles. The minimum atomic E-state index is -4.92. The van der Waals surface area contributed by atoms with Gasteiger partial charge < -0.3 is 0 Å². The van der Waals surface area contributed by atoms with Gasteiger partial charge in [-0.25, -0.2) is 4.39 Å².